The first kappa shape index (κ1) is 12.6. The summed E-state index contributed by atoms with van der Waals surface area (Å²) in [6.45, 7) is 0. The fraction of sp³-hybridized carbons (Fsp3) is 0.750. The van der Waals surface area contributed by atoms with Gasteiger partial charge in [0.25, 0.3) is 0 Å². The Balaban J connectivity index is 3.81. The van der Waals surface area contributed by atoms with E-state index in [1.54, 1.807) is 0 Å². The highest BCUT2D eigenvalue weighted by atomic mass is 35.5. The van der Waals surface area contributed by atoms with Gasteiger partial charge >= 0.3 is 5.97 Å². The summed E-state index contributed by atoms with van der Waals surface area (Å²) in [6.07, 6.45) is 2.36. The monoisotopic (exact) mass is 221 g/mol. The van der Waals surface area contributed by atoms with Crippen LogP contribution in [-0.4, -0.2) is 24.2 Å². The van der Waals surface area contributed by atoms with Crippen LogP contribution < -0.4 is 0 Å². The largest absolute Gasteiger partial charge is 0.468 e. The van der Waals surface area contributed by atoms with Gasteiger partial charge in [0.2, 0.25) is 0 Å². The lowest BCUT2D eigenvalue weighted by Gasteiger charge is -2.08. The number of nitrogens with zero attached hydrogens (tertiary/aromatic N) is 1. The molecule has 0 aromatic rings. The second kappa shape index (κ2) is 8.21. The molecule has 0 aliphatic rings. The molecule has 3 nitrogen and oxygen atoms in total. The summed E-state index contributed by atoms with van der Waals surface area (Å²) in [4.78, 5) is 11.1. The van der Waals surface area contributed by atoms with Gasteiger partial charge in [-0.15, -0.1) is 11.6 Å². The number of alkyl halides is 1. The van der Waals surface area contributed by atoms with Crippen LogP contribution in [0.4, 0.5) is 0 Å². The predicted molar refractivity (Wildman–Crippen MR) is 53.6 cm³/mol. The lowest BCUT2D eigenvalue weighted by molar-refractivity contribution is -0.140. The molecular weight excluding hydrogens is 210 g/mol. The van der Waals surface area contributed by atoms with Gasteiger partial charge in [0.05, 0.1) is 7.11 Å². The van der Waals surface area contributed by atoms with Gasteiger partial charge < -0.3 is 4.74 Å². The maximum Gasteiger partial charge on any atom is 0.319 e. The highest BCUT2D eigenvalue weighted by Gasteiger charge is 2.18. The second-order valence-electron chi connectivity index (χ2n) is 2.41. The number of ether oxygens (including phenoxy) is 1. The number of hydrogen-bond acceptors (Lipinski definition) is 4. The first-order chi connectivity index (χ1) is 6.26. The van der Waals surface area contributed by atoms with Crippen LogP contribution in [0.1, 0.15) is 19.3 Å². The summed E-state index contributed by atoms with van der Waals surface area (Å²) in [5.41, 5.74) is 0. The molecule has 0 saturated heterocycles. The van der Waals surface area contributed by atoms with E-state index in [2.05, 4.69) is 4.74 Å². The average molecular weight is 222 g/mol. The normalized spacial score (nSPS) is 11.8. The Morgan fingerprint density at radius 2 is 2.38 bits per heavy atom. The number of thiocyanates is 1. The van der Waals surface area contributed by atoms with Crippen LogP contribution in [0.2, 0.25) is 0 Å². The minimum Gasteiger partial charge on any atom is -0.468 e. The van der Waals surface area contributed by atoms with Gasteiger partial charge in [0.15, 0.2) is 0 Å². The van der Waals surface area contributed by atoms with Crippen molar-refractivity contribution >= 4 is 29.3 Å². The zero-order valence-corrected chi connectivity index (χ0v) is 9.03. The number of halogens is 1. The maximum atomic E-state index is 11.1. The van der Waals surface area contributed by atoms with Crippen LogP contribution in [0, 0.1) is 10.7 Å². The van der Waals surface area contributed by atoms with Crippen molar-refractivity contribution in [3.63, 3.8) is 0 Å². The molecule has 0 heterocycles. The molecule has 0 fully saturated rings. The number of thioether (sulfide) groups is 1. The number of esters is 1. The first-order valence-corrected chi connectivity index (χ1v) is 5.36. The van der Waals surface area contributed by atoms with E-state index in [1.165, 1.54) is 7.11 Å². The molecule has 0 aliphatic heterocycles. The van der Waals surface area contributed by atoms with Crippen molar-refractivity contribution in [2.45, 2.75) is 24.5 Å². The summed E-state index contributed by atoms with van der Waals surface area (Å²) in [7, 11) is 1.33. The van der Waals surface area contributed by atoms with Crippen molar-refractivity contribution in [3.05, 3.63) is 0 Å². The quantitative estimate of drug-likeness (QED) is 0.299. The third-order valence-electron chi connectivity index (χ3n) is 1.51. The number of carbonyl (C=O) groups is 1. The summed E-state index contributed by atoms with van der Waals surface area (Å²) in [5.74, 6) is 0.256. The van der Waals surface area contributed by atoms with Gasteiger partial charge in [-0.05, 0) is 24.6 Å². The minimum atomic E-state index is -0.363. The Hall–Kier alpha value is -0.400. The van der Waals surface area contributed by atoms with Gasteiger partial charge in [0.1, 0.15) is 10.7 Å². The zero-order chi connectivity index (χ0) is 10.1. The topological polar surface area (TPSA) is 50.1 Å². The smallest absolute Gasteiger partial charge is 0.319 e. The first-order valence-electron chi connectivity index (χ1n) is 3.94. The van der Waals surface area contributed by atoms with E-state index in [-0.39, 0.29) is 11.2 Å². The van der Waals surface area contributed by atoms with Crippen LogP contribution >= 0.6 is 23.4 Å². The van der Waals surface area contributed by atoms with Crippen molar-refractivity contribution in [3.8, 4) is 5.40 Å². The molecule has 0 amide bonds. The summed E-state index contributed by atoms with van der Waals surface area (Å²) in [5, 5.41) is 9.95. The lowest BCUT2D eigenvalue weighted by atomic mass is 10.2. The average Bonchev–Trinajstić information content (AvgIpc) is 2.16. The molecular formula is C8H12ClNO2S. The molecule has 0 aliphatic carbocycles. The molecule has 13 heavy (non-hydrogen) atoms. The third-order valence-corrected chi connectivity index (χ3v) is 2.59. The number of rotatable bonds is 6. The SMILES string of the molecule is COC(=O)C(CCCCCl)SC#N. The summed E-state index contributed by atoms with van der Waals surface area (Å²) >= 11 is 6.43. The van der Waals surface area contributed by atoms with Crippen molar-refractivity contribution < 1.29 is 9.53 Å². The maximum absolute atomic E-state index is 11.1. The van der Waals surface area contributed by atoms with Gasteiger partial charge in [-0.3, -0.25) is 4.79 Å². The van der Waals surface area contributed by atoms with Crippen LogP contribution in [0.25, 0.3) is 0 Å². The Morgan fingerprint density at radius 3 is 2.85 bits per heavy atom. The van der Waals surface area contributed by atoms with Crippen LogP contribution in [0.3, 0.4) is 0 Å². The van der Waals surface area contributed by atoms with E-state index in [4.69, 9.17) is 16.9 Å². The van der Waals surface area contributed by atoms with Gasteiger partial charge in [-0.1, -0.05) is 6.42 Å². The van der Waals surface area contributed by atoms with Crippen molar-refractivity contribution in [2.75, 3.05) is 13.0 Å². The number of methoxy groups -OCH3 is 1. The van der Waals surface area contributed by atoms with Crippen molar-refractivity contribution in [1.82, 2.24) is 0 Å². The van der Waals surface area contributed by atoms with Crippen molar-refractivity contribution in [1.29, 1.82) is 5.26 Å². The summed E-state index contributed by atoms with van der Waals surface area (Å²) in [6, 6.07) is 0. The van der Waals surface area contributed by atoms with E-state index in [0.717, 1.165) is 24.6 Å². The molecule has 1 atom stereocenters. The van der Waals surface area contributed by atoms with E-state index in [9.17, 15) is 4.79 Å². The third kappa shape index (κ3) is 5.78. The molecule has 0 aromatic carbocycles. The second-order valence-corrected chi connectivity index (χ2v) is 3.77. The van der Waals surface area contributed by atoms with E-state index >= 15 is 0 Å². The zero-order valence-electron chi connectivity index (χ0n) is 7.46. The number of nitriles is 1. The molecule has 0 spiro atoms. The molecule has 0 rings (SSSR count). The molecule has 74 valence electrons. The van der Waals surface area contributed by atoms with E-state index in [0.29, 0.717) is 12.3 Å². The fourth-order valence-electron chi connectivity index (χ4n) is 0.844. The molecule has 5 heteroatoms. The van der Waals surface area contributed by atoms with Gasteiger partial charge in [-0.25, -0.2) is 0 Å². The minimum absolute atomic E-state index is 0.332. The molecule has 0 aromatic heterocycles. The Kier molecular flexibility index (Phi) is 7.96. The standard InChI is InChI=1S/C8H12ClNO2S/c1-12-8(11)7(13-6-10)4-2-3-5-9/h7H,2-5H2,1H3. The Morgan fingerprint density at radius 1 is 1.69 bits per heavy atom. The summed E-state index contributed by atoms with van der Waals surface area (Å²) < 4.78 is 4.55. The number of unbranched alkanes of at least 4 members (excludes halogenated alkanes) is 1. The van der Waals surface area contributed by atoms with E-state index < -0.39 is 0 Å². The predicted octanol–water partition coefficient (Wildman–Crippen LogP) is 2.15. The van der Waals surface area contributed by atoms with Crippen LogP contribution in [0.15, 0.2) is 0 Å². The lowest BCUT2D eigenvalue weighted by Crippen LogP contribution is -2.18. The highest BCUT2D eigenvalue weighted by Crippen LogP contribution is 2.17. The highest BCUT2D eigenvalue weighted by molar-refractivity contribution is 8.04. The molecule has 0 N–H and O–H groups in total. The van der Waals surface area contributed by atoms with Crippen LogP contribution in [-0.2, 0) is 9.53 Å². The van der Waals surface area contributed by atoms with Crippen LogP contribution in [0.5, 0.6) is 0 Å². The Bertz CT molecular complexity index is 193. The van der Waals surface area contributed by atoms with E-state index in [1.807, 2.05) is 5.40 Å². The van der Waals surface area contributed by atoms with Crippen molar-refractivity contribution in [2.24, 2.45) is 0 Å². The van der Waals surface area contributed by atoms with Gasteiger partial charge in [-0.2, -0.15) is 5.26 Å². The number of hydrogen-bond donors (Lipinski definition) is 0. The molecule has 1 unspecified atom stereocenters. The van der Waals surface area contributed by atoms with Gasteiger partial charge in [0, 0.05) is 5.88 Å². The fourth-order valence-corrected chi connectivity index (χ4v) is 1.64. The molecule has 0 bridgehead atoms. The Labute approximate surface area is 87.4 Å². The molecule has 0 saturated carbocycles. The number of carbonyl (C=O) groups excluding carboxylic acids is 1. The molecule has 0 radical (unpaired) electrons.